The Labute approximate surface area is 97.7 Å². The highest BCUT2D eigenvalue weighted by molar-refractivity contribution is 5.17. The molecular formula is C14H21NO. The third kappa shape index (κ3) is 2.83. The van der Waals surface area contributed by atoms with Crippen molar-refractivity contribution in [2.45, 2.75) is 38.3 Å². The maximum atomic E-state index is 10.2. The molecule has 2 heteroatoms. The molecule has 0 aliphatic carbocycles. The minimum absolute atomic E-state index is 0.334. The molecule has 2 rings (SSSR count). The summed E-state index contributed by atoms with van der Waals surface area (Å²) in [5.41, 5.74) is 1.03. The van der Waals surface area contributed by atoms with Crippen molar-refractivity contribution in [3.8, 4) is 0 Å². The van der Waals surface area contributed by atoms with E-state index in [0.29, 0.717) is 12.0 Å². The molecule has 1 saturated heterocycles. The molecule has 1 heterocycles. The maximum absolute atomic E-state index is 10.2. The summed E-state index contributed by atoms with van der Waals surface area (Å²) < 4.78 is 0. The topological polar surface area (TPSA) is 32.3 Å². The van der Waals surface area contributed by atoms with E-state index in [9.17, 15) is 5.11 Å². The first-order valence-corrected chi connectivity index (χ1v) is 6.24. The zero-order valence-electron chi connectivity index (χ0n) is 9.89. The molecule has 0 amide bonds. The Morgan fingerprint density at radius 1 is 1.38 bits per heavy atom. The van der Waals surface area contributed by atoms with E-state index < -0.39 is 0 Å². The fourth-order valence-corrected chi connectivity index (χ4v) is 2.48. The Bertz CT molecular complexity index is 312. The third-order valence-corrected chi connectivity index (χ3v) is 3.59. The van der Waals surface area contributed by atoms with Gasteiger partial charge in [-0.25, -0.2) is 0 Å². The second-order valence-electron chi connectivity index (χ2n) is 4.84. The van der Waals surface area contributed by atoms with Crippen LogP contribution in [-0.4, -0.2) is 17.7 Å². The van der Waals surface area contributed by atoms with Gasteiger partial charge in [-0.3, -0.25) is 0 Å². The molecule has 1 fully saturated rings. The largest absolute Gasteiger partial charge is 0.388 e. The van der Waals surface area contributed by atoms with Gasteiger partial charge in [0, 0.05) is 6.04 Å². The van der Waals surface area contributed by atoms with E-state index in [1.54, 1.807) is 0 Å². The lowest BCUT2D eigenvalue weighted by atomic mass is 9.87. The Morgan fingerprint density at radius 3 is 2.81 bits per heavy atom. The Morgan fingerprint density at radius 2 is 2.12 bits per heavy atom. The van der Waals surface area contributed by atoms with Crippen molar-refractivity contribution in [2.75, 3.05) is 6.54 Å². The summed E-state index contributed by atoms with van der Waals surface area (Å²) in [5.74, 6) is 0.673. The lowest BCUT2D eigenvalue weighted by Crippen LogP contribution is -2.41. The van der Waals surface area contributed by atoms with Crippen molar-refractivity contribution in [3.63, 3.8) is 0 Å². The van der Waals surface area contributed by atoms with Gasteiger partial charge in [0.1, 0.15) is 0 Å². The zero-order valence-corrected chi connectivity index (χ0v) is 9.89. The average molecular weight is 219 g/mol. The van der Waals surface area contributed by atoms with Crippen LogP contribution in [0.2, 0.25) is 0 Å². The molecule has 0 bridgehead atoms. The number of aliphatic hydroxyl groups is 1. The molecule has 1 aliphatic rings. The predicted octanol–water partition coefficient (Wildman–Crippen LogP) is 2.50. The molecule has 1 aromatic rings. The van der Waals surface area contributed by atoms with Gasteiger partial charge in [-0.1, -0.05) is 37.3 Å². The number of benzene rings is 1. The molecule has 0 radical (unpaired) electrons. The highest BCUT2D eigenvalue weighted by Crippen LogP contribution is 2.25. The highest BCUT2D eigenvalue weighted by Gasteiger charge is 2.23. The van der Waals surface area contributed by atoms with Crippen molar-refractivity contribution in [1.29, 1.82) is 0 Å². The van der Waals surface area contributed by atoms with Crippen molar-refractivity contribution in [1.82, 2.24) is 5.32 Å². The molecule has 0 spiro atoms. The van der Waals surface area contributed by atoms with Gasteiger partial charge < -0.3 is 10.4 Å². The molecule has 0 aromatic heterocycles. The summed E-state index contributed by atoms with van der Waals surface area (Å²) in [6.45, 7) is 3.37. The number of hydrogen-bond acceptors (Lipinski definition) is 2. The fourth-order valence-electron chi connectivity index (χ4n) is 2.48. The summed E-state index contributed by atoms with van der Waals surface area (Å²) in [6, 6.07) is 10.4. The van der Waals surface area contributed by atoms with Crippen LogP contribution in [0, 0.1) is 5.92 Å². The summed E-state index contributed by atoms with van der Waals surface area (Å²) in [5, 5.41) is 13.7. The van der Waals surface area contributed by atoms with Crippen LogP contribution in [0.5, 0.6) is 0 Å². The van der Waals surface area contributed by atoms with E-state index in [1.165, 1.54) is 12.8 Å². The summed E-state index contributed by atoms with van der Waals surface area (Å²) >= 11 is 0. The van der Waals surface area contributed by atoms with E-state index in [-0.39, 0.29) is 6.10 Å². The van der Waals surface area contributed by atoms with Gasteiger partial charge in [0.05, 0.1) is 6.10 Å². The van der Waals surface area contributed by atoms with Gasteiger partial charge in [0.25, 0.3) is 0 Å². The molecule has 16 heavy (non-hydrogen) atoms. The van der Waals surface area contributed by atoms with Crippen LogP contribution < -0.4 is 5.32 Å². The first-order chi connectivity index (χ1) is 7.77. The second-order valence-corrected chi connectivity index (χ2v) is 4.84. The highest BCUT2D eigenvalue weighted by atomic mass is 16.3. The minimum Gasteiger partial charge on any atom is -0.388 e. The molecule has 1 aromatic carbocycles. The average Bonchev–Trinajstić information content (AvgIpc) is 2.33. The predicted molar refractivity (Wildman–Crippen MR) is 66.2 cm³/mol. The summed E-state index contributed by atoms with van der Waals surface area (Å²) in [6.07, 6.45) is 3.03. The molecule has 2 N–H and O–H groups in total. The Hall–Kier alpha value is -0.860. The van der Waals surface area contributed by atoms with E-state index in [1.807, 2.05) is 30.3 Å². The number of piperidine rings is 1. The van der Waals surface area contributed by atoms with Crippen molar-refractivity contribution in [3.05, 3.63) is 35.9 Å². The number of aliphatic hydroxyl groups excluding tert-OH is 1. The van der Waals surface area contributed by atoms with Crippen LogP contribution >= 0.6 is 0 Å². The van der Waals surface area contributed by atoms with Crippen LogP contribution in [0.15, 0.2) is 30.3 Å². The number of rotatable bonds is 3. The van der Waals surface area contributed by atoms with Crippen LogP contribution in [0.3, 0.4) is 0 Å². The SMILES string of the molecule is CC1CCCNC1CC(O)c1ccccc1. The van der Waals surface area contributed by atoms with Crippen molar-refractivity contribution in [2.24, 2.45) is 5.92 Å². The van der Waals surface area contributed by atoms with Crippen molar-refractivity contribution >= 4 is 0 Å². The quantitative estimate of drug-likeness (QED) is 0.818. The molecule has 3 atom stereocenters. The fraction of sp³-hybridized carbons (Fsp3) is 0.571. The van der Waals surface area contributed by atoms with Crippen LogP contribution in [0.25, 0.3) is 0 Å². The Kier molecular flexibility index (Phi) is 3.97. The molecule has 3 unspecified atom stereocenters. The molecular weight excluding hydrogens is 198 g/mol. The van der Waals surface area contributed by atoms with E-state index in [2.05, 4.69) is 12.2 Å². The smallest absolute Gasteiger partial charge is 0.0805 e. The zero-order chi connectivity index (χ0) is 11.4. The lowest BCUT2D eigenvalue weighted by Gasteiger charge is -2.31. The third-order valence-electron chi connectivity index (χ3n) is 3.59. The first kappa shape index (κ1) is 11.6. The standard InChI is InChI=1S/C14H21NO/c1-11-6-5-9-15-13(11)10-14(16)12-7-3-2-4-8-12/h2-4,7-8,11,13-16H,5-6,9-10H2,1H3. The van der Waals surface area contributed by atoms with E-state index >= 15 is 0 Å². The van der Waals surface area contributed by atoms with E-state index in [0.717, 1.165) is 18.5 Å². The molecule has 1 aliphatic heterocycles. The van der Waals surface area contributed by atoms with Crippen LogP contribution in [0.1, 0.15) is 37.9 Å². The number of hydrogen-bond donors (Lipinski definition) is 2. The molecule has 88 valence electrons. The number of nitrogens with one attached hydrogen (secondary N) is 1. The first-order valence-electron chi connectivity index (χ1n) is 6.24. The van der Waals surface area contributed by atoms with Gasteiger partial charge in [0.15, 0.2) is 0 Å². The minimum atomic E-state index is -0.334. The lowest BCUT2D eigenvalue weighted by molar-refractivity contribution is 0.129. The monoisotopic (exact) mass is 219 g/mol. The van der Waals surface area contributed by atoms with Gasteiger partial charge in [-0.15, -0.1) is 0 Å². The van der Waals surface area contributed by atoms with E-state index in [4.69, 9.17) is 0 Å². The van der Waals surface area contributed by atoms with Crippen LogP contribution in [0.4, 0.5) is 0 Å². The van der Waals surface area contributed by atoms with Crippen LogP contribution in [-0.2, 0) is 0 Å². The maximum Gasteiger partial charge on any atom is 0.0805 e. The van der Waals surface area contributed by atoms with Gasteiger partial charge in [-0.2, -0.15) is 0 Å². The summed E-state index contributed by atoms with van der Waals surface area (Å²) in [7, 11) is 0. The second kappa shape index (κ2) is 5.46. The van der Waals surface area contributed by atoms with Gasteiger partial charge in [-0.05, 0) is 37.3 Å². The van der Waals surface area contributed by atoms with Gasteiger partial charge >= 0.3 is 0 Å². The normalized spacial score (nSPS) is 27.6. The van der Waals surface area contributed by atoms with Crippen molar-refractivity contribution < 1.29 is 5.11 Å². The molecule has 0 saturated carbocycles. The Balaban J connectivity index is 1.94. The molecule has 2 nitrogen and oxygen atoms in total. The summed E-state index contributed by atoms with van der Waals surface area (Å²) in [4.78, 5) is 0. The van der Waals surface area contributed by atoms with Gasteiger partial charge in [0.2, 0.25) is 0 Å².